The van der Waals surface area contributed by atoms with E-state index in [1.165, 1.54) is 0 Å². The Morgan fingerprint density at radius 3 is 1.45 bits per heavy atom. The molecular weight excluding hydrogens is 394 g/mol. The zero-order chi connectivity index (χ0) is 22.5. The lowest BCUT2D eigenvalue weighted by Gasteiger charge is -2.33. The Kier molecular flexibility index (Phi) is 15.7. The average Bonchev–Trinajstić information content (AvgIpc) is 2.79. The Morgan fingerprint density at radius 1 is 0.613 bits per heavy atom. The van der Waals surface area contributed by atoms with E-state index in [-0.39, 0.29) is 0 Å². The van der Waals surface area contributed by atoms with Crippen molar-refractivity contribution in [3.8, 4) is 0 Å². The number of rotatable bonds is 19. The van der Waals surface area contributed by atoms with Gasteiger partial charge in [-0.3, -0.25) is 0 Å². The van der Waals surface area contributed by atoms with Gasteiger partial charge in [0.1, 0.15) is 0 Å². The number of benzene rings is 1. The van der Waals surface area contributed by atoms with E-state index >= 15 is 0 Å². The van der Waals surface area contributed by atoms with E-state index in [4.69, 9.17) is 38.7 Å². The summed E-state index contributed by atoms with van der Waals surface area (Å²) in [5.74, 6) is 0. The zero-order valence-electron chi connectivity index (χ0n) is 18.3. The molecule has 0 aliphatic heterocycles. The summed E-state index contributed by atoms with van der Waals surface area (Å²) in [6, 6.07) is 9.97. The summed E-state index contributed by atoms with van der Waals surface area (Å²) in [5.41, 5.74) is 0.591. The SMILES string of the molecule is [C-]#[N+]CCCOCC(COCCC[N+]#[C-])(COCCC[N+]#[C-])COCc1ccccc1. The molecule has 7 heteroatoms. The fraction of sp³-hybridized carbons (Fsp3) is 0.625. The Hall–Kier alpha value is -2.47. The van der Waals surface area contributed by atoms with Crippen molar-refractivity contribution in [2.75, 3.05) is 65.9 Å². The standard InChI is InChI=1S/C24H33N3O4/c1-25-12-7-15-28-19-24(20-29-16-8-13-26-2,21-30-17-9-14-27-3)22-31-18-23-10-5-4-6-11-23/h4-6,10-11H,7-9,12-22H2. The van der Waals surface area contributed by atoms with Crippen molar-refractivity contribution in [1.82, 2.24) is 0 Å². The van der Waals surface area contributed by atoms with Crippen LogP contribution >= 0.6 is 0 Å². The highest BCUT2D eigenvalue weighted by Gasteiger charge is 2.32. The van der Waals surface area contributed by atoms with Gasteiger partial charge < -0.3 is 33.5 Å². The summed E-state index contributed by atoms with van der Waals surface area (Å²) in [6.07, 6.45) is 2.05. The van der Waals surface area contributed by atoms with Crippen LogP contribution in [0.3, 0.4) is 0 Å². The predicted molar refractivity (Wildman–Crippen MR) is 119 cm³/mol. The van der Waals surface area contributed by atoms with Crippen molar-refractivity contribution in [2.24, 2.45) is 5.41 Å². The molecule has 1 rings (SSSR count). The minimum Gasteiger partial charge on any atom is -0.380 e. The van der Waals surface area contributed by atoms with Gasteiger partial charge in [0.2, 0.25) is 19.6 Å². The summed E-state index contributed by atoms with van der Waals surface area (Å²) in [6.45, 7) is 25.6. The first-order valence-corrected chi connectivity index (χ1v) is 10.6. The lowest BCUT2D eigenvalue weighted by molar-refractivity contribution is -0.109. The highest BCUT2D eigenvalue weighted by atomic mass is 16.5. The maximum absolute atomic E-state index is 6.89. The average molecular weight is 428 g/mol. The molecule has 0 fully saturated rings. The Labute approximate surface area is 186 Å². The molecule has 0 N–H and O–H groups in total. The highest BCUT2D eigenvalue weighted by Crippen LogP contribution is 2.22. The van der Waals surface area contributed by atoms with Gasteiger partial charge >= 0.3 is 0 Å². The van der Waals surface area contributed by atoms with Crippen molar-refractivity contribution in [2.45, 2.75) is 25.9 Å². The van der Waals surface area contributed by atoms with E-state index in [1.807, 2.05) is 30.3 Å². The van der Waals surface area contributed by atoms with Gasteiger partial charge in [0.25, 0.3) is 0 Å². The molecule has 0 spiro atoms. The lowest BCUT2D eigenvalue weighted by atomic mass is 9.92. The third-order valence-corrected chi connectivity index (χ3v) is 4.42. The Balaban J connectivity index is 2.70. The molecule has 0 amide bonds. The van der Waals surface area contributed by atoms with Crippen molar-refractivity contribution in [3.05, 3.63) is 70.1 Å². The first-order valence-electron chi connectivity index (χ1n) is 10.6. The van der Waals surface area contributed by atoms with E-state index < -0.39 is 5.41 Å². The van der Waals surface area contributed by atoms with E-state index in [0.717, 1.165) is 5.56 Å². The highest BCUT2D eigenvalue weighted by molar-refractivity contribution is 5.13. The number of ether oxygens (including phenoxy) is 4. The van der Waals surface area contributed by atoms with Crippen molar-refractivity contribution >= 4 is 0 Å². The summed E-state index contributed by atoms with van der Waals surface area (Å²) in [7, 11) is 0. The molecule has 7 nitrogen and oxygen atoms in total. The van der Waals surface area contributed by atoms with Crippen LogP contribution in [-0.4, -0.2) is 65.9 Å². The molecule has 0 radical (unpaired) electrons. The van der Waals surface area contributed by atoms with Crippen LogP contribution in [0.15, 0.2) is 30.3 Å². The molecule has 0 bridgehead atoms. The monoisotopic (exact) mass is 427 g/mol. The van der Waals surface area contributed by atoms with E-state index in [0.29, 0.717) is 91.8 Å². The van der Waals surface area contributed by atoms with Crippen molar-refractivity contribution in [3.63, 3.8) is 0 Å². The fourth-order valence-electron chi connectivity index (χ4n) is 2.81. The first-order chi connectivity index (χ1) is 15.3. The molecular formula is C24H33N3O4. The topological polar surface area (TPSA) is 50.0 Å². The molecule has 0 aliphatic carbocycles. The van der Waals surface area contributed by atoms with Crippen molar-refractivity contribution in [1.29, 1.82) is 0 Å². The summed E-state index contributed by atoms with van der Waals surface area (Å²) in [5, 5.41) is 0. The van der Waals surface area contributed by atoms with Gasteiger partial charge in [-0.1, -0.05) is 30.3 Å². The van der Waals surface area contributed by atoms with Crippen LogP contribution in [-0.2, 0) is 25.6 Å². The normalized spacial score (nSPS) is 10.9. The van der Waals surface area contributed by atoms with Crippen LogP contribution in [0.1, 0.15) is 24.8 Å². The van der Waals surface area contributed by atoms with Crippen LogP contribution in [0.25, 0.3) is 14.5 Å². The maximum Gasteiger partial charge on any atom is 0.216 e. The third-order valence-electron chi connectivity index (χ3n) is 4.42. The number of hydrogen-bond acceptors (Lipinski definition) is 4. The molecule has 168 valence electrons. The minimum atomic E-state index is -0.497. The second-order valence-electron chi connectivity index (χ2n) is 7.34. The first kappa shape index (κ1) is 26.6. The van der Waals surface area contributed by atoms with Crippen LogP contribution < -0.4 is 0 Å². The Morgan fingerprint density at radius 2 is 1.03 bits per heavy atom. The summed E-state index contributed by atoms with van der Waals surface area (Å²) >= 11 is 0. The maximum atomic E-state index is 6.89. The molecule has 31 heavy (non-hydrogen) atoms. The molecule has 0 atom stereocenters. The summed E-state index contributed by atoms with van der Waals surface area (Å²) in [4.78, 5) is 10.1. The number of hydrogen-bond donors (Lipinski definition) is 0. The molecule has 1 aromatic rings. The van der Waals surface area contributed by atoms with E-state index in [2.05, 4.69) is 14.5 Å². The number of nitrogens with zero attached hydrogens (tertiary/aromatic N) is 3. The van der Waals surface area contributed by atoms with Gasteiger partial charge in [-0.2, -0.15) is 0 Å². The predicted octanol–water partition coefficient (Wildman–Crippen LogP) is 4.17. The molecule has 0 saturated heterocycles. The summed E-state index contributed by atoms with van der Waals surface area (Å²) < 4.78 is 23.7. The molecule has 0 aromatic heterocycles. The second-order valence-corrected chi connectivity index (χ2v) is 7.34. The zero-order valence-corrected chi connectivity index (χ0v) is 18.3. The lowest BCUT2D eigenvalue weighted by Crippen LogP contribution is -2.42. The molecule has 0 heterocycles. The van der Waals surface area contributed by atoms with Gasteiger partial charge in [0.15, 0.2) is 0 Å². The van der Waals surface area contributed by atoms with Gasteiger partial charge in [0, 0.05) is 19.3 Å². The molecule has 1 aromatic carbocycles. The van der Waals surface area contributed by atoms with Gasteiger partial charge in [0.05, 0.1) is 58.3 Å². The molecule has 0 aliphatic rings. The van der Waals surface area contributed by atoms with E-state index in [9.17, 15) is 0 Å². The fourth-order valence-corrected chi connectivity index (χ4v) is 2.81. The van der Waals surface area contributed by atoms with Crippen LogP contribution in [0, 0.1) is 25.1 Å². The van der Waals surface area contributed by atoms with Gasteiger partial charge in [-0.25, -0.2) is 19.7 Å². The third kappa shape index (κ3) is 13.4. The smallest absolute Gasteiger partial charge is 0.216 e. The van der Waals surface area contributed by atoms with Gasteiger partial charge in [-0.05, 0) is 5.56 Å². The van der Waals surface area contributed by atoms with Crippen molar-refractivity contribution < 1.29 is 18.9 Å². The van der Waals surface area contributed by atoms with Gasteiger partial charge in [-0.15, -0.1) is 0 Å². The minimum absolute atomic E-state index is 0.394. The largest absolute Gasteiger partial charge is 0.380 e. The van der Waals surface area contributed by atoms with E-state index in [1.54, 1.807) is 0 Å². The Bertz CT molecular complexity index is 632. The van der Waals surface area contributed by atoms with Crippen LogP contribution in [0.4, 0.5) is 0 Å². The molecule has 0 unspecified atom stereocenters. The van der Waals surface area contributed by atoms with Crippen LogP contribution in [0.2, 0.25) is 0 Å². The molecule has 0 saturated carbocycles. The van der Waals surface area contributed by atoms with Crippen LogP contribution in [0.5, 0.6) is 0 Å². The second kappa shape index (κ2) is 18.3. The quantitative estimate of drug-likeness (QED) is 0.246.